The van der Waals surface area contributed by atoms with E-state index in [0.29, 0.717) is 13.0 Å². The van der Waals surface area contributed by atoms with Crippen LogP contribution < -0.4 is 0 Å². The third-order valence-electron chi connectivity index (χ3n) is 6.09. The minimum atomic E-state index is -0.515. The molecule has 6 heteroatoms. The Labute approximate surface area is 183 Å². The molecular formula is C25H30N4O2. The van der Waals surface area contributed by atoms with Gasteiger partial charge in [-0.25, -0.2) is 0 Å². The number of aryl methyl sites for hydroxylation is 1. The standard InChI is InChI=1S/C25H30N4O2/c1-19-5-7-21(8-6-19)23-15-22(31-27-23)16-25(24(30)28(2)3)11-4-14-29(18-25)17-20-9-12-26-13-10-20/h5-10,12-13,15H,4,11,14,16-18H2,1-3H3. The number of nitrogens with zero attached hydrogens (tertiary/aromatic N) is 4. The number of benzene rings is 1. The molecule has 1 saturated heterocycles. The molecule has 1 fully saturated rings. The van der Waals surface area contributed by atoms with E-state index < -0.39 is 5.41 Å². The second kappa shape index (κ2) is 9.02. The number of carbonyl (C=O) groups excluding carboxylic acids is 1. The Kier molecular flexibility index (Phi) is 6.18. The number of likely N-dealkylation sites (tertiary alicyclic amines) is 1. The van der Waals surface area contributed by atoms with Gasteiger partial charge in [-0.15, -0.1) is 0 Å². The molecule has 0 bridgehead atoms. The van der Waals surface area contributed by atoms with Gasteiger partial charge in [0.1, 0.15) is 11.5 Å². The van der Waals surface area contributed by atoms with Crippen LogP contribution in [0.2, 0.25) is 0 Å². The Morgan fingerprint density at radius 2 is 1.90 bits per heavy atom. The number of hydrogen-bond acceptors (Lipinski definition) is 5. The fraction of sp³-hybridized carbons (Fsp3) is 0.400. The zero-order valence-corrected chi connectivity index (χ0v) is 18.5. The molecule has 1 aromatic carbocycles. The van der Waals surface area contributed by atoms with Crippen LogP contribution in [-0.4, -0.2) is 53.0 Å². The lowest BCUT2D eigenvalue weighted by Crippen LogP contribution is -2.52. The lowest BCUT2D eigenvalue weighted by molar-refractivity contribution is -0.143. The van der Waals surface area contributed by atoms with Gasteiger partial charge in [0.15, 0.2) is 0 Å². The van der Waals surface area contributed by atoms with E-state index in [-0.39, 0.29) is 5.91 Å². The largest absolute Gasteiger partial charge is 0.361 e. The van der Waals surface area contributed by atoms with Gasteiger partial charge in [0.05, 0.1) is 5.41 Å². The van der Waals surface area contributed by atoms with Gasteiger partial charge in [-0.2, -0.15) is 0 Å². The van der Waals surface area contributed by atoms with Gasteiger partial charge in [-0.05, 0) is 44.0 Å². The van der Waals surface area contributed by atoms with Crippen molar-refractivity contribution in [3.63, 3.8) is 0 Å². The van der Waals surface area contributed by atoms with E-state index in [2.05, 4.69) is 46.2 Å². The fourth-order valence-corrected chi connectivity index (χ4v) is 4.57. The number of aromatic nitrogens is 2. The summed E-state index contributed by atoms with van der Waals surface area (Å²) in [5.74, 6) is 0.914. The molecule has 0 saturated carbocycles. The first-order valence-corrected chi connectivity index (χ1v) is 10.8. The molecular weight excluding hydrogens is 388 g/mol. The predicted octanol–water partition coefficient (Wildman–Crippen LogP) is 3.96. The van der Waals surface area contributed by atoms with Crippen LogP contribution in [0.25, 0.3) is 11.3 Å². The van der Waals surface area contributed by atoms with Crippen molar-refractivity contribution in [2.75, 3.05) is 27.2 Å². The summed E-state index contributed by atoms with van der Waals surface area (Å²) in [5.41, 5.74) is 3.74. The van der Waals surface area contributed by atoms with Crippen LogP contribution >= 0.6 is 0 Å². The van der Waals surface area contributed by atoms with E-state index >= 15 is 0 Å². The van der Waals surface area contributed by atoms with Gasteiger partial charge in [0.2, 0.25) is 5.91 Å². The zero-order chi connectivity index (χ0) is 21.8. The molecule has 1 aliphatic rings. The molecule has 31 heavy (non-hydrogen) atoms. The van der Waals surface area contributed by atoms with Crippen molar-refractivity contribution < 1.29 is 9.32 Å². The summed E-state index contributed by atoms with van der Waals surface area (Å²) >= 11 is 0. The molecule has 4 rings (SSSR count). The molecule has 1 amide bonds. The van der Waals surface area contributed by atoms with Crippen LogP contribution in [0.4, 0.5) is 0 Å². The van der Waals surface area contributed by atoms with Crippen LogP contribution in [0, 0.1) is 12.3 Å². The summed E-state index contributed by atoms with van der Waals surface area (Å²) in [4.78, 5) is 21.6. The molecule has 0 N–H and O–H groups in total. The van der Waals surface area contributed by atoms with E-state index in [1.54, 1.807) is 4.90 Å². The third-order valence-corrected chi connectivity index (χ3v) is 6.09. The molecule has 3 aromatic rings. The highest BCUT2D eigenvalue weighted by molar-refractivity contribution is 5.83. The van der Waals surface area contributed by atoms with Crippen LogP contribution in [0.5, 0.6) is 0 Å². The second-order valence-electron chi connectivity index (χ2n) is 8.87. The SMILES string of the molecule is Cc1ccc(-c2cc(CC3(C(=O)N(C)C)CCCN(Cc4ccncc4)C3)on2)cc1. The van der Waals surface area contributed by atoms with Gasteiger partial charge < -0.3 is 9.42 Å². The Balaban J connectivity index is 1.56. The van der Waals surface area contributed by atoms with Crippen molar-refractivity contribution in [2.24, 2.45) is 5.41 Å². The summed E-state index contributed by atoms with van der Waals surface area (Å²) in [5, 5.41) is 4.28. The minimum Gasteiger partial charge on any atom is -0.361 e. The average molecular weight is 419 g/mol. The quantitative estimate of drug-likeness (QED) is 0.606. The maximum Gasteiger partial charge on any atom is 0.230 e. The highest BCUT2D eigenvalue weighted by Gasteiger charge is 2.44. The molecule has 3 heterocycles. The van der Waals surface area contributed by atoms with Crippen molar-refractivity contribution in [1.82, 2.24) is 19.9 Å². The number of piperidine rings is 1. The van der Waals surface area contributed by atoms with Crippen LogP contribution in [0.15, 0.2) is 59.4 Å². The first-order chi connectivity index (χ1) is 14.9. The van der Waals surface area contributed by atoms with Crippen LogP contribution in [0.1, 0.15) is 29.7 Å². The first-order valence-electron chi connectivity index (χ1n) is 10.8. The maximum atomic E-state index is 13.4. The molecule has 0 spiro atoms. The van der Waals surface area contributed by atoms with E-state index in [1.807, 2.05) is 44.7 Å². The van der Waals surface area contributed by atoms with Gasteiger partial charge in [-0.1, -0.05) is 35.0 Å². The second-order valence-corrected chi connectivity index (χ2v) is 8.87. The summed E-state index contributed by atoms with van der Waals surface area (Å²) < 4.78 is 5.71. The molecule has 162 valence electrons. The Hall–Kier alpha value is -2.99. The third kappa shape index (κ3) is 4.85. The molecule has 1 aliphatic heterocycles. The van der Waals surface area contributed by atoms with Crippen molar-refractivity contribution >= 4 is 5.91 Å². The molecule has 2 aromatic heterocycles. The number of pyridine rings is 1. The summed E-state index contributed by atoms with van der Waals surface area (Å²) in [6.07, 6.45) is 6.01. The zero-order valence-electron chi connectivity index (χ0n) is 18.5. The van der Waals surface area contributed by atoms with E-state index in [4.69, 9.17) is 4.52 Å². The van der Waals surface area contributed by atoms with Crippen molar-refractivity contribution in [2.45, 2.75) is 32.7 Å². The Bertz CT molecular complexity index is 1010. The normalized spacial score (nSPS) is 19.3. The van der Waals surface area contributed by atoms with Gasteiger partial charge >= 0.3 is 0 Å². The topological polar surface area (TPSA) is 62.5 Å². The highest BCUT2D eigenvalue weighted by atomic mass is 16.5. The van der Waals surface area contributed by atoms with Gasteiger partial charge in [-0.3, -0.25) is 14.7 Å². The van der Waals surface area contributed by atoms with Gasteiger partial charge in [0, 0.05) is 57.6 Å². The fourth-order valence-electron chi connectivity index (χ4n) is 4.57. The lowest BCUT2D eigenvalue weighted by atomic mass is 9.75. The van der Waals surface area contributed by atoms with Crippen molar-refractivity contribution in [3.05, 3.63) is 71.7 Å². The molecule has 0 aliphatic carbocycles. The molecule has 0 radical (unpaired) electrons. The average Bonchev–Trinajstić information content (AvgIpc) is 3.22. The van der Waals surface area contributed by atoms with Crippen LogP contribution in [0.3, 0.4) is 0 Å². The predicted molar refractivity (Wildman–Crippen MR) is 120 cm³/mol. The smallest absolute Gasteiger partial charge is 0.230 e. The van der Waals surface area contributed by atoms with Crippen molar-refractivity contribution in [3.8, 4) is 11.3 Å². The highest BCUT2D eigenvalue weighted by Crippen LogP contribution is 2.37. The molecule has 1 atom stereocenters. The Morgan fingerprint density at radius 3 is 2.61 bits per heavy atom. The number of amides is 1. The number of carbonyl (C=O) groups is 1. The van der Waals surface area contributed by atoms with Crippen LogP contribution in [-0.2, 0) is 17.8 Å². The Morgan fingerprint density at radius 1 is 1.16 bits per heavy atom. The molecule has 1 unspecified atom stereocenters. The van der Waals surface area contributed by atoms with E-state index in [1.165, 1.54) is 11.1 Å². The summed E-state index contributed by atoms with van der Waals surface area (Å²) in [6.45, 7) is 4.56. The number of hydrogen-bond donors (Lipinski definition) is 0. The monoisotopic (exact) mass is 418 g/mol. The number of rotatable bonds is 6. The van der Waals surface area contributed by atoms with E-state index in [9.17, 15) is 4.79 Å². The molecule has 6 nitrogen and oxygen atoms in total. The maximum absolute atomic E-state index is 13.4. The summed E-state index contributed by atoms with van der Waals surface area (Å²) in [6, 6.07) is 14.3. The lowest BCUT2D eigenvalue weighted by Gasteiger charge is -2.42. The van der Waals surface area contributed by atoms with E-state index in [0.717, 1.165) is 42.9 Å². The van der Waals surface area contributed by atoms with Gasteiger partial charge in [0.25, 0.3) is 0 Å². The van der Waals surface area contributed by atoms with Crippen molar-refractivity contribution in [1.29, 1.82) is 0 Å². The summed E-state index contributed by atoms with van der Waals surface area (Å²) in [7, 11) is 3.67. The first kappa shape index (κ1) is 21.2. The minimum absolute atomic E-state index is 0.153.